The molecule has 0 heterocycles. The summed E-state index contributed by atoms with van der Waals surface area (Å²) in [7, 11) is 0. The second-order valence-electron chi connectivity index (χ2n) is 8.57. The van der Waals surface area contributed by atoms with E-state index >= 15 is 0 Å². The zero-order chi connectivity index (χ0) is 20.1. The fraction of sp³-hybridized carbons (Fsp3) is 0.458. The molecule has 3 rings (SSSR count). The van der Waals surface area contributed by atoms with Crippen LogP contribution in [0.3, 0.4) is 0 Å². The highest BCUT2D eigenvalue weighted by molar-refractivity contribution is 5.94. The van der Waals surface area contributed by atoms with Gasteiger partial charge in [-0.25, -0.2) is 0 Å². The lowest BCUT2D eigenvalue weighted by Crippen LogP contribution is -2.30. The third-order valence-corrected chi connectivity index (χ3v) is 5.13. The molecule has 0 aliphatic heterocycles. The highest BCUT2D eigenvalue weighted by Crippen LogP contribution is 2.26. The molecule has 0 bridgehead atoms. The zero-order valence-corrected chi connectivity index (χ0v) is 17.3. The van der Waals surface area contributed by atoms with Crippen LogP contribution in [0.5, 0.6) is 11.5 Å². The summed E-state index contributed by atoms with van der Waals surface area (Å²) in [6.07, 6.45) is 4.49. The van der Waals surface area contributed by atoms with Gasteiger partial charge in [0.25, 0.3) is 5.91 Å². The molecule has 1 amide bonds. The second-order valence-corrected chi connectivity index (χ2v) is 8.57. The Hall–Kier alpha value is -2.49. The summed E-state index contributed by atoms with van der Waals surface area (Å²) in [5.74, 6) is 1.37. The molecule has 28 heavy (non-hydrogen) atoms. The van der Waals surface area contributed by atoms with Crippen LogP contribution in [0.15, 0.2) is 48.5 Å². The smallest absolute Gasteiger partial charge is 0.265 e. The molecule has 0 aromatic heterocycles. The van der Waals surface area contributed by atoms with Crippen molar-refractivity contribution < 1.29 is 14.3 Å². The SMILES string of the molecule is CC(Oc1ccc(C(C)(C)C)cc1)C(=O)Nc1ccc(OC2CCCC2)cc1. The van der Waals surface area contributed by atoms with Gasteiger partial charge in [0.05, 0.1) is 6.10 Å². The van der Waals surface area contributed by atoms with Gasteiger partial charge in [0.1, 0.15) is 11.5 Å². The van der Waals surface area contributed by atoms with E-state index in [1.54, 1.807) is 6.92 Å². The van der Waals surface area contributed by atoms with Crippen LogP contribution < -0.4 is 14.8 Å². The molecule has 1 saturated carbocycles. The van der Waals surface area contributed by atoms with E-state index in [1.165, 1.54) is 18.4 Å². The number of amides is 1. The maximum Gasteiger partial charge on any atom is 0.265 e. The Labute approximate surface area is 168 Å². The Morgan fingerprint density at radius 2 is 1.54 bits per heavy atom. The van der Waals surface area contributed by atoms with E-state index in [2.05, 4.69) is 26.1 Å². The molecule has 1 atom stereocenters. The molecule has 0 radical (unpaired) electrons. The van der Waals surface area contributed by atoms with Crippen LogP contribution in [0.1, 0.15) is 58.9 Å². The first-order valence-electron chi connectivity index (χ1n) is 10.2. The fourth-order valence-electron chi connectivity index (χ4n) is 3.35. The third kappa shape index (κ3) is 5.51. The van der Waals surface area contributed by atoms with Crippen LogP contribution in [0.4, 0.5) is 5.69 Å². The monoisotopic (exact) mass is 381 g/mol. The van der Waals surface area contributed by atoms with Crippen LogP contribution in [-0.4, -0.2) is 18.1 Å². The van der Waals surface area contributed by atoms with Gasteiger partial charge in [-0.2, -0.15) is 0 Å². The molecule has 2 aromatic carbocycles. The Bertz CT molecular complexity index is 769. The first-order valence-corrected chi connectivity index (χ1v) is 10.2. The Morgan fingerprint density at radius 1 is 0.964 bits per heavy atom. The van der Waals surface area contributed by atoms with E-state index in [9.17, 15) is 4.79 Å². The molecule has 1 aliphatic carbocycles. The van der Waals surface area contributed by atoms with E-state index in [1.807, 2.05) is 48.5 Å². The molecular weight excluding hydrogens is 350 g/mol. The van der Waals surface area contributed by atoms with Crippen molar-refractivity contribution in [2.24, 2.45) is 0 Å². The van der Waals surface area contributed by atoms with Crippen molar-refractivity contribution in [2.45, 2.75) is 71.0 Å². The highest BCUT2D eigenvalue weighted by atomic mass is 16.5. The number of anilines is 1. The molecule has 0 saturated heterocycles. The number of hydrogen-bond acceptors (Lipinski definition) is 3. The number of nitrogens with one attached hydrogen (secondary N) is 1. The quantitative estimate of drug-likeness (QED) is 0.697. The summed E-state index contributed by atoms with van der Waals surface area (Å²) in [5, 5.41) is 2.90. The molecule has 2 aromatic rings. The van der Waals surface area contributed by atoms with E-state index < -0.39 is 6.10 Å². The average Bonchev–Trinajstić information content (AvgIpc) is 3.16. The molecule has 1 aliphatic rings. The van der Waals surface area contributed by atoms with E-state index in [-0.39, 0.29) is 11.3 Å². The van der Waals surface area contributed by atoms with Gasteiger partial charge in [-0.3, -0.25) is 4.79 Å². The van der Waals surface area contributed by atoms with E-state index in [0.29, 0.717) is 11.9 Å². The molecule has 4 nitrogen and oxygen atoms in total. The Kier molecular flexibility index (Phi) is 6.28. The zero-order valence-electron chi connectivity index (χ0n) is 17.3. The van der Waals surface area contributed by atoms with Crippen molar-refractivity contribution in [3.63, 3.8) is 0 Å². The van der Waals surface area contributed by atoms with Crippen molar-refractivity contribution >= 4 is 11.6 Å². The average molecular weight is 382 g/mol. The van der Waals surface area contributed by atoms with Gasteiger partial charge in [0.2, 0.25) is 0 Å². The summed E-state index contributed by atoms with van der Waals surface area (Å²) in [5.41, 5.74) is 2.06. The third-order valence-electron chi connectivity index (χ3n) is 5.13. The normalized spacial score (nSPS) is 15.9. The van der Waals surface area contributed by atoms with Crippen LogP contribution in [0.2, 0.25) is 0 Å². The topological polar surface area (TPSA) is 47.6 Å². The van der Waals surface area contributed by atoms with E-state index in [4.69, 9.17) is 9.47 Å². The standard InChI is InChI=1S/C24H31NO3/c1-17(27-21-13-9-18(10-14-21)24(2,3)4)23(26)25-19-11-15-22(16-12-19)28-20-7-5-6-8-20/h9-17,20H,5-8H2,1-4H3,(H,25,26). The minimum Gasteiger partial charge on any atom is -0.490 e. The maximum absolute atomic E-state index is 12.4. The molecule has 150 valence electrons. The minimum absolute atomic E-state index is 0.0924. The molecular formula is C24H31NO3. The Balaban J connectivity index is 1.52. The first-order chi connectivity index (χ1) is 13.3. The number of benzene rings is 2. The first kappa shape index (κ1) is 20.2. The van der Waals surface area contributed by atoms with Crippen LogP contribution >= 0.6 is 0 Å². The van der Waals surface area contributed by atoms with Gasteiger partial charge in [-0.1, -0.05) is 32.9 Å². The Morgan fingerprint density at radius 3 is 2.11 bits per heavy atom. The van der Waals surface area contributed by atoms with Gasteiger partial charge in [-0.15, -0.1) is 0 Å². The predicted molar refractivity (Wildman–Crippen MR) is 113 cm³/mol. The van der Waals surface area contributed by atoms with Crippen molar-refractivity contribution in [2.75, 3.05) is 5.32 Å². The van der Waals surface area contributed by atoms with Gasteiger partial charge >= 0.3 is 0 Å². The van der Waals surface area contributed by atoms with Crippen molar-refractivity contribution in [3.8, 4) is 11.5 Å². The van der Waals surface area contributed by atoms with Crippen LogP contribution in [0, 0.1) is 0 Å². The lowest BCUT2D eigenvalue weighted by Gasteiger charge is -2.20. The summed E-state index contributed by atoms with van der Waals surface area (Å²) in [6.45, 7) is 8.26. The van der Waals surface area contributed by atoms with Gasteiger partial charge in [0.15, 0.2) is 6.10 Å². The molecule has 0 spiro atoms. The molecule has 4 heteroatoms. The van der Waals surface area contributed by atoms with Gasteiger partial charge in [0, 0.05) is 5.69 Å². The molecule has 1 fully saturated rings. The van der Waals surface area contributed by atoms with E-state index in [0.717, 1.165) is 24.3 Å². The number of rotatable bonds is 6. The largest absolute Gasteiger partial charge is 0.490 e. The van der Waals surface area contributed by atoms with Crippen LogP contribution in [-0.2, 0) is 10.2 Å². The number of hydrogen-bond donors (Lipinski definition) is 1. The highest BCUT2D eigenvalue weighted by Gasteiger charge is 2.18. The maximum atomic E-state index is 12.4. The predicted octanol–water partition coefficient (Wildman–Crippen LogP) is 5.71. The lowest BCUT2D eigenvalue weighted by atomic mass is 9.87. The van der Waals surface area contributed by atoms with Crippen molar-refractivity contribution in [3.05, 3.63) is 54.1 Å². The summed E-state index contributed by atoms with van der Waals surface area (Å²) >= 11 is 0. The fourth-order valence-corrected chi connectivity index (χ4v) is 3.35. The van der Waals surface area contributed by atoms with Gasteiger partial charge in [-0.05, 0) is 80.0 Å². The summed E-state index contributed by atoms with van der Waals surface area (Å²) in [6, 6.07) is 15.5. The second kappa shape index (κ2) is 8.68. The summed E-state index contributed by atoms with van der Waals surface area (Å²) in [4.78, 5) is 12.4. The number of carbonyl (C=O) groups is 1. The molecule has 1 unspecified atom stereocenters. The number of ether oxygens (including phenoxy) is 2. The van der Waals surface area contributed by atoms with Crippen molar-refractivity contribution in [1.29, 1.82) is 0 Å². The van der Waals surface area contributed by atoms with Gasteiger partial charge < -0.3 is 14.8 Å². The van der Waals surface area contributed by atoms with Crippen LogP contribution in [0.25, 0.3) is 0 Å². The summed E-state index contributed by atoms with van der Waals surface area (Å²) < 4.78 is 11.7. The van der Waals surface area contributed by atoms with Crippen molar-refractivity contribution in [1.82, 2.24) is 0 Å². The lowest BCUT2D eigenvalue weighted by molar-refractivity contribution is -0.122. The number of carbonyl (C=O) groups excluding carboxylic acids is 1. The minimum atomic E-state index is -0.588. The molecule has 1 N–H and O–H groups in total.